The maximum absolute atomic E-state index is 11.1. The summed E-state index contributed by atoms with van der Waals surface area (Å²) in [6.45, 7) is -0.487. The molecule has 14 heavy (non-hydrogen) atoms. The molecule has 0 aliphatic heterocycles. The number of carboxylic acids is 1. The molecule has 0 saturated heterocycles. The molecule has 1 rings (SSSR count). The molecule has 1 atom stereocenters. The molecule has 1 saturated carbocycles. The topological polar surface area (TPSA) is 98.7 Å². The van der Waals surface area contributed by atoms with Crippen LogP contribution in [0.15, 0.2) is 0 Å². The van der Waals surface area contributed by atoms with Crippen LogP contribution < -0.4 is 10.6 Å². The standard InChI is InChI=1S/C8H14N2O4/c11-4-6(8(13)14)10-7(12)3-9-5-1-2-5/h5-6,9,11H,1-4H2,(H,10,12)(H,13,14)/t6-/m1/s1. The smallest absolute Gasteiger partial charge is 0.328 e. The third-order valence-corrected chi connectivity index (χ3v) is 1.94. The number of nitrogens with one attached hydrogen (secondary N) is 2. The van der Waals surface area contributed by atoms with Crippen molar-refractivity contribution in [1.82, 2.24) is 10.6 Å². The molecule has 0 aromatic rings. The van der Waals surface area contributed by atoms with Crippen LogP contribution in [0.2, 0.25) is 0 Å². The predicted octanol–water partition coefficient (Wildman–Crippen LogP) is -1.70. The van der Waals surface area contributed by atoms with Crippen LogP contribution in [0, 0.1) is 0 Å². The van der Waals surface area contributed by atoms with Gasteiger partial charge in [-0.2, -0.15) is 0 Å². The average molecular weight is 202 g/mol. The second-order valence-electron chi connectivity index (χ2n) is 3.30. The van der Waals surface area contributed by atoms with E-state index in [1.807, 2.05) is 0 Å². The molecule has 1 fully saturated rings. The summed E-state index contributed by atoms with van der Waals surface area (Å²) in [7, 11) is 0. The lowest BCUT2D eigenvalue weighted by atomic mass is 10.3. The Morgan fingerprint density at radius 1 is 1.43 bits per heavy atom. The highest BCUT2D eigenvalue weighted by atomic mass is 16.4. The Hall–Kier alpha value is -1.14. The first-order valence-electron chi connectivity index (χ1n) is 4.50. The van der Waals surface area contributed by atoms with Gasteiger partial charge in [0.15, 0.2) is 0 Å². The van der Waals surface area contributed by atoms with Crippen molar-refractivity contribution in [2.24, 2.45) is 0 Å². The zero-order valence-electron chi connectivity index (χ0n) is 7.69. The van der Waals surface area contributed by atoms with Crippen LogP contribution in [-0.2, 0) is 9.59 Å². The summed E-state index contributed by atoms with van der Waals surface area (Å²) in [5.41, 5.74) is 0. The Kier molecular flexibility index (Phi) is 3.84. The van der Waals surface area contributed by atoms with Crippen molar-refractivity contribution in [3.05, 3.63) is 0 Å². The van der Waals surface area contributed by atoms with Gasteiger partial charge >= 0.3 is 5.97 Å². The fourth-order valence-electron chi connectivity index (χ4n) is 0.955. The number of hydrogen-bond donors (Lipinski definition) is 4. The Balaban J connectivity index is 2.19. The lowest BCUT2D eigenvalue weighted by molar-refractivity contribution is -0.142. The maximum atomic E-state index is 11.1. The molecular weight excluding hydrogens is 188 g/mol. The Labute approximate surface area is 81.3 Å². The summed E-state index contributed by atoms with van der Waals surface area (Å²) in [6.07, 6.45) is 2.13. The van der Waals surface area contributed by atoms with E-state index in [0.29, 0.717) is 6.04 Å². The van der Waals surface area contributed by atoms with Crippen LogP contribution in [0.3, 0.4) is 0 Å². The highest BCUT2D eigenvalue weighted by Gasteiger charge is 2.23. The van der Waals surface area contributed by atoms with E-state index in [1.165, 1.54) is 0 Å². The lowest BCUT2D eigenvalue weighted by Crippen LogP contribution is -2.46. The van der Waals surface area contributed by atoms with E-state index in [4.69, 9.17) is 10.2 Å². The van der Waals surface area contributed by atoms with E-state index in [-0.39, 0.29) is 6.54 Å². The van der Waals surface area contributed by atoms with Gasteiger partial charge in [-0.05, 0) is 12.8 Å². The third kappa shape index (κ3) is 3.71. The van der Waals surface area contributed by atoms with Crippen molar-refractivity contribution in [2.75, 3.05) is 13.2 Å². The predicted molar refractivity (Wildman–Crippen MR) is 47.7 cm³/mol. The fraction of sp³-hybridized carbons (Fsp3) is 0.750. The van der Waals surface area contributed by atoms with Gasteiger partial charge in [0.05, 0.1) is 13.2 Å². The molecule has 1 aliphatic rings. The normalized spacial score (nSPS) is 17.5. The number of aliphatic carboxylic acids is 1. The minimum atomic E-state index is -1.23. The molecular formula is C8H14N2O4. The van der Waals surface area contributed by atoms with Crippen molar-refractivity contribution in [1.29, 1.82) is 0 Å². The zero-order chi connectivity index (χ0) is 10.6. The molecule has 1 aliphatic carbocycles. The third-order valence-electron chi connectivity index (χ3n) is 1.94. The van der Waals surface area contributed by atoms with Gasteiger partial charge in [0, 0.05) is 6.04 Å². The van der Waals surface area contributed by atoms with Gasteiger partial charge in [0.25, 0.3) is 0 Å². The van der Waals surface area contributed by atoms with Crippen LogP contribution in [-0.4, -0.2) is 47.3 Å². The largest absolute Gasteiger partial charge is 0.480 e. The number of aliphatic hydroxyl groups excluding tert-OH is 1. The molecule has 0 bridgehead atoms. The molecule has 0 aromatic carbocycles. The monoisotopic (exact) mass is 202 g/mol. The van der Waals surface area contributed by atoms with Crippen molar-refractivity contribution in [3.63, 3.8) is 0 Å². The van der Waals surface area contributed by atoms with Gasteiger partial charge in [-0.3, -0.25) is 4.79 Å². The number of amides is 1. The molecule has 0 heterocycles. The molecule has 80 valence electrons. The number of aliphatic hydroxyl groups is 1. The van der Waals surface area contributed by atoms with E-state index in [2.05, 4.69) is 10.6 Å². The first kappa shape index (κ1) is 10.9. The number of rotatable bonds is 6. The van der Waals surface area contributed by atoms with Gasteiger partial charge in [0.1, 0.15) is 6.04 Å². The molecule has 6 heteroatoms. The second kappa shape index (κ2) is 4.92. The van der Waals surface area contributed by atoms with Crippen molar-refractivity contribution in [2.45, 2.75) is 24.9 Å². The minimum Gasteiger partial charge on any atom is -0.480 e. The van der Waals surface area contributed by atoms with Crippen LogP contribution >= 0.6 is 0 Å². The Bertz CT molecular complexity index is 227. The summed E-state index contributed by atoms with van der Waals surface area (Å²) in [5, 5.41) is 22.3. The molecule has 0 aromatic heterocycles. The first-order chi connectivity index (χ1) is 6.63. The van der Waals surface area contributed by atoms with E-state index in [1.54, 1.807) is 0 Å². The van der Waals surface area contributed by atoms with E-state index in [0.717, 1.165) is 12.8 Å². The molecule has 0 spiro atoms. The molecule has 0 radical (unpaired) electrons. The van der Waals surface area contributed by atoms with Crippen LogP contribution in [0.5, 0.6) is 0 Å². The molecule has 4 N–H and O–H groups in total. The minimum absolute atomic E-state index is 0.106. The van der Waals surface area contributed by atoms with Crippen molar-refractivity contribution >= 4 is 11.9 Å². The summed E-state index contributed by atoms with van der Waals surface area (Å²) < 4.78 is 0. The second-order valence-corrected chi connectivity index (χ2v) is 3.30. The van der Waals surface area contributed by atoms with Gasteiger partial charge in [0.2, 0.25) is 5.91 Å². The van der Waals surface area contributed by atoms with Gasteiger partial charge < -0.3 is 20.8 Å². The van der Waals surface area contributed by atoms with Crippen LogP contribution in [0.4, 0.5) is 0 Å². The Morgan fingerprint density at radius 3 is 2.50 bits per heavy atom. The Morgan fingerprint density at radius 2 is 2.07 bits per heavy atom. The molecule has 1 amide bonds. The van der Waals surface area contributed by atoms with Crippen molar-refractivity contribution in [3.8, 4) is 0 Å². The number of carboxylic acid groups (broad SMARTS) is 1. The van der Waals surface area contributed by atoms with Gasteiger partial charge in [-0.25, -0.2) is 4.79 Å². The van der Waals surface area contributed by atoms with E-state index < -0.39 is 24.5 Å². The summed E-state index contributed by atoms with van der Waals surface area (Å²) in [4.78, 5) is 21.5. The SMILES string of the molecule is O=C(CNC1CC1)N[C@H](CO)C(=O)O. The average Bonchev–Trinajstić information content (AvgIpc) is 2.93. The summed E-state index contributed by atoms with van der Waals surface area (Å²) in [6, 6.07) is -0.804. The van der Waals surface area contributed by atoms with E-state index in [9.17, 15) is 9.59 Å². The summed E-state index contributed by atoms with van der Waals surface area (Å²) in [5.74, 6) is -1.63. The van der Waals surface area contributed by atoms with Gasteiger partial charge in [-0.1, -0.05) is 0 Å². The van der Waals surface area contributed by atoms with Crippen LogP contribution in [0.25, 0.3) is 0 Å². The maximum Gasteiger partial charge on any atom is 0.328 e. The van der Waals surface area contributed by atoms with E-state index >= 15 is 0 Å². The molecule has 6 nitrogen and oxygen atoms in total. The number of carbonyl (C=O) groups excluding carboxylic acids is 1. The highest BCUT2D eigenvalue weighted by molar-refractivity contribution is 5.84. The quantitative estimate of drug-likeness (QED) is 0.411. The molecule has 0 unspecified atom stereocenters. The fourth-order valence-corrected chi connectivity index (χ4v) is 0.955. The van der Waals surface area contributed by atoms with Crippen molar-refractivity contribution < 1.29 is 19.8 Å². The summed E-state index contributed by atoms with van der Waals surface area (Å²) >= 11 is 0. The van der Waals surface area contributed by atoms with Gasteiger partial charge in [-0.15, -0.1) is 0 Å². The van der Waals surface area contributed by atoms with Crippen LogP contribution in [0.1, 0.15) is 12.8 Å². The number of hydrogen-bond acceptors (Lipinski definition) is 4. The zero-order valence-corrected chi connectivity index (χ0v) is 7.69. The lowest BCUT2D eigenvalue weighted by Gasteiger charge is -2.11. The first-order valence-corrected chi connectivity index (χ1v) is 4.50. The number of carbonyl (C=O) groups is 2. The highest BCUT2D eigenvalue weighted by Crippen LogP contribution is 2.17.